The molecule has 2 aliphatic rings. The van der Waals surface area contributed by atoms with Crippen LogP contribution in [0.1, 0.15) is 68.7 Å². The highest BCUT2D eigenvalue weighted by Crippen LogP contribution is 2.39. The molecule has 2 fully saturated rings. The highest BCUT2D eigenvalue weighted by Gasteiger charge is 2.61. The SMILES string of the molecule is COC(=O)[C@@]1(OC[C@H]2OC(OC(=Nc3ccccc3)C(F)(F)F)[C@H](OC(=O)c3ccccc3)[C@@H](OC(=O)c3ccccc3)[C@H]2OC(C)=O)C[C@H](OC(C)=O)[C@@H](NC(C)=O)[C@H]([C@H](OC(C)=O)[C@@H](COC(C)=O)OC(C)=O)O1. The number of ether oxygens (including phenoxy) is 12. The molecular formula is C50H53F3N2O21. The van der Waals surface area contributed by atoms with Crippen molar-refractivity contribution < 1.29 is 113 Å². The Bertz CT molecular complexity index is 2590. The van der Waals surface area contributed by atoms with E-state index in [0.29, 0.717) is 0 Å². The van der Waals surface area contributed by atoms with Gasteiger partial charge < -0.3 is 62.2 Å². The lowest BCUT2D eigenvalue weighted by Gasteiger charge is -2.49. The molecule has 1 amide bonds. The van der Waals surface area contributed by atoms with Crippen LogP contribution in [-0.4, -0.2) is 153 Å². The van der Waals surface area contributed by atoms with Gasteiger partial charge in [0.15, 0.2) is 24.4 Å². The van der Waals surface area contributed by atoms with Crippen molar-refractivity contribution in [2.75, 3.05) is 20.3 Å². The Balaban J connectivity index is 1.73. The zero-order valence-electron chi connectivity index (χ0n) is 41.7. The molecule has 0 aromatic heterocycles. The first kappa shape index (κ1) is 58.9. The monoisotopic (exact) mass is 1070 g/mol. The molecule has 0 radical (unpaired) electrons. The van der Waals surface area contributed by atoms with Crippen LogP contribution >= 0.6 is 0 Å². The van der Waals surface area contributed by atoms with Gasteiger partial charge in [-0.2, -0.15) is 13.2 Å². The van der Waals surface area contributed by atoms with Crippen molar-refractivity contribution in [1.82, 2.24) is 5.32 Å². The summed E-state index contributed by atoms with van der Waals surface area (Å²) >= 11 is 0. The number of methoxy groups -OCH3 is 1. The fraction of sp³-hybridized carbons (Fsp3) is 0.440. The van der Waals surface area contributed by atoms with E-state index in [9.17, 15) is 43.2 Å². The highest BCUT2D eigenvalue weighted by atomic mass is 19.4. The maximum Gasteiger partial charge on any atom is 0.468 e. The molecule has 26 heteroatoms. The maximum atomic E-state index is 15.1. The summed E-state index contributed by atoms with van der Waals surface area (Å²) in [5.74, 6) is -15.0. The standard InChI is InChI=1S/C50H53F3N2O21/c1-26(56)54-38-35(68-28(3)58)23-49(48(64)65-7,76-41(38)39(70-30(5)60)36(69-29(4)59)24-66-27(2)57)67-25-37-40(71-31(6)61)42(73-44(62)32-17-11-8-12-18-32)43(74-45(63)33-19-13-9-14-20-33)46(72-37)75-47(50(51,52)53)55-34-21-15-10-16-22-34/h8-22,35-43,46H,23-25H2,1-7H3,(H,54,56)/t35-,36+,37+,38+,39+,40-,41+,42-,43+,46?,49+/m0/s1. The van der Waals surface area contributed by atoms with Gasteiger partial charge in [-0.3, -0.25) is 28.8 Å². The van der Waals surface area contributed by atoms with Gasteiger partial charge in [-0.15, -0.1) is 0 Å². The zero-order valence-corrected chi connectivity index (χ0v) is 41.7. The molecule has 2 saturated heterocycles. The van der Waals surface area contributed by atoms with Crippen molar-refractivity contribution in [3.63, 3.8) is 0 Å². The number of halogens is 3. The van der Waals surface area contributed by atoms with E-state index in [-0.39, 0.29) is 16.8 Å². The number of para-hydroxylation sites is 1. The lowest BCUT2D eigenvalue weighted by molar-refractivity contribution is -0.335. The number of carbonyl (C=O) groups is 9. The Kier molecular flexibility index (Phi) is 20.5. The molecule has 1 N–H and O–H groups in total. The van der Waals surface area contributed by atoms with E-state index in [1.165, 1.54) is 78.9 Å². The number of aliphatic imine (C=N–C) groups is 1. The fourth-order valence-corrected chi connectivity index (χ4v) is 7.88. The second-order valence-electron chi connectivity index (χ2n) is 16.7. The number of nitrogens with one attached hydrogen (secondary N) is 1. The molecule has 0 spiro atoms. The van der Waals surface area contributed by atoms with E-state index in [2.05, 4.69) is 10.3 Å². The summed E-state index contributed by atoms with van der Waals surface area (Å²) in [5, 5.41) is 2.49. The lowest BCUT2D eigenvalue weighted by atomic mass is 9.87. The van der Waals surface area contributed by atoms with Crippen LogP contribution in [0.3, 0.4) is 0 Å². The van der Waals surface area contributed by atoms with Gasteiger partial charge in [-0.25, -0.2) is 19.4 Å². The summed E-state index contributed by atoms with van der Waals surface area (Å²) in [7, 11) is 0.844. The van der Waals surface area contributed by atoms with Crippen molar-refractivity contribution in [3.8, 4) is 0 Å². The molecule has 1 unspecified atom stereocenters. The van der Waals surface area contributed by atoms with E-state index in [1.807, 2.05) is 0 Å². The van der Waals surface area contributed by atoms with Gasteiger partial charge in [0.1, 0.15) is 24.9 Å². The molecule has 2 aliphatic heterocycles. The summed E-state index contributed by atoms with van der Waals surface area (Å²) in [6.45, 7) is 3.62. The minimum Gasteiger partial charge on any atom is -0.465 e. The lowest BCUT2D eigenvalue weighted by Crippen LogP contribution is -2.70. The first-order valence-corrected chi connectivity index (χ1v) is 23.0. The third kappa shape index (κ3) is 16.3. The molecule has 23 nitrogen and oxygen atoms in total. The van der Waals surface area contributed by atoms with E-state index in [0.717, 1.165) is 48.7 Å². The smallest absolute Gasteiger partial charge is 0.465 e. The van der Waals surface area contributed by atoms with Crippen molar-refractivity contribution in [1.29, 1.82) is 0 Å². The van der Waals surface area contributed by atoms with Gasteiger partial charge in [0.2, 0.25) is 18.3 Å². The van der Waals surface area contributed by atoms with Gasteiger partial charge in [0, 0.05) is 41.5 Å². The van der Waals surface area contributed by atoms with Crippen LogP contribution in [0, 0.1) is 0 Å². The summed E-state index contributed by atoms with van der Waals surface area (Å²) in [6, 6.07) is 19.0. The summed E-state index contributed by atoms with van der Waals surface area (Å²) in [4.78, 5) is 122. The molecule has 0 aliphatic carbocycles. The van der Waals surface area contributed by atoms with Gasteiger partial charge in [-0.1, -0.05) is 54.6 Å². The normalized spacial score (nSPS) is 24.2. The first-order valence-electron chi connectivity index (χ1n) is 23.0. The quantitative estimate of drug-likeness (QED) is 0.0769. The van der Waals surface area contributed by atoms with Crippen LogP contribution in [0.15, 0.2) is 96.0 Å². The number of nitrogens with zero attached hydrogens (tertiary/aromatic N) is 1. The van der Waals surface area contributed by atoms with Gasteiger partial charge in [-0.05, 0) is 36.4 Å². The zero-order chi connectivity index (χ0) is 55.9. The van der Waals surface area contributed by atoms with E-state index < -0.39 is 152 Å². The molecule has 3 aromatic rings. The number of benzene rings is 3. The van der Waals surface area contributed by atoms with Crippen molar-refractivity contribution >= 4 is 65.2 Å². The highest BCUT2D eigenvalue weighted by molar-refractivity contribution is 5.91. The van der Waals surface area contributed by atoms with Crippen LogP contribution in [0.2, 0.25) is 0 Å². The molecular weight excluding hydrogens is 1020 g/mol. The van der Waals surface area contributed by atoms with Crippen molar-refractivity contribution in [2.24, 2.45) is 4.99 Å². The number of carbonyl (C=O) groups excluding carboxylic acids is 9. The predicted molar refractivity (Wildman–Crippen MR) is 247 cm³/mol. The second kappa shape index (κ2) is 26.5. The predicted octanol–water partition coefficient (Wildman–Crippen LogP) is 3.94. The fourth-order valence-electron chi connectivity index (χ4n) is 7.88. The van der Waals surface area contributed by atoms with Gasteiger partial charge >= 0.3 is 53.9 Å². The van der Waals surface area contributed by atoms with Gasteiger partial charge in [0.25, 0.3) is 11.7 Å². The summed E-state index contributed by atoms with van der Waals surface area (Å²) in [6.07, 6.45) is -25.2. The topological polar surface area (TPSA) is 289 Å². The Labute approximate surface area is 431 Å². The number of rotatable bonds is 19. The number of hydrogen-bond acceptors (Lipinski definition) is 22. The molecule has 410 valence electrons. The minimum atomic E-state index is -5.43. The van der Waals surface area contributed by atoms with Crippen LogP contribution in [0.5, 0.6) is 0 Å². The molecule has 2 heterocycles. The third-order valence-corrected chi connectivity index (χ3v) is 10.8. The Morgan fingerprint density at radius 2 is 1.21 bits per heavy atom. The Morgan fingerprint density at radius 1 is 0.671 bits per heavy atom. The summed E-state index contributed by atoms with van der Waals surface area (Å²) < 4.78 is 113. The van der Waals surface area contributed by atoms with Gasteiger partial charge in [0.05, 0.1) is 43.0 Å². The third-order valence-electron chi connectivity index (χ3n) is 10.8. The Morgan fingerprint density at radius 3 is 1.70 bits per heavy atom. The molecule has 0 saturated carbocycles. The molecule has 76 heavy (non-hydrogen) atoms. The Hall–Kier alpha value is -7.97. The summed E-state index contributed by atoms with van der Waals surface area (Å²) in [5.41, 5.74) is -0.610. The van der Waals surface area contributed by atoms with E-state index in [4.69, 9.17) is 56.8 Å². The van der Waals surface area contributed by atoms with Crippen LogP contribution in [0.4, 0.5) is 18.9 Å². The van der Waals surface area contributed by atoms with Crippen LogP contribution < -0.4 is 5.32 Å². The van der Waals surface area contributed by atoms with Crippen LogP contribution in [0.25, 0.3) is 0 Å². The average Bonchev–Trinajstić information content (AvgIpc) is 3.36. The molecule has 11 atom stereocenters. The number of alkyl halides is 3. The first-order chi connectivity index (χ1) is 35.9. The largest absolute Gasteiger partial charge is 0.468 e. The van der Waals surface area contributed by atoms with E-state index in [1.54, 1.807) is 12.1 Å². The minimum absolute atomic E-state index is 0.157. The molecule has 3 aromatic carbocycles. The number of hydrogen-bond donors (Lipinski definition) is 1. The second-order valence-corrected chi connectivity index (χ2v) is 16.7. The maximum absolute atomic E-state index is 15.1. The van der Waals surface area contributed by atoms with Crippen LogP contribution in [-0.2, 0) is 90.4 Å². The number of esters is 8. The number of amides is 1. The molecule has 5 rings (SSSR count). The van der Waals surface area contributed by atoms with Crippen molar-refractivity contribution in [2.45, 2.75) is 121 Å². The van der Waals surface area contributed by atoms with E-state index >= 15 is 13.2 Å². The average molecular weight is 1070 g/mol. The van der Waals surface area contributed by atoms with Crippen molar-refractivity contribution in [3.05, 3.63) is 102 Å². The molecule has 0 bridgehead atoms.